The summed E-state index contributed by atoms with van der Waals surface area (Å²) in [5.41, 5.74) is 4.59. The molecule has 80 valence electrons. The van der Waals surface area contributed by atoms with Gasteiger partial charge in [-0.2, -0.15) is 0 Å². The third kappa shape index (κ3) is 2.50. The summed E-state index contributed by atoms with van der Waals surface area (Å²) in [7, 11) is 0. The van der Waals surface area contributed by atoms with E-state index in [1.54, 1.807) is 5.57 Å². The first-order valence-electron chi connectivity index (χ1n) is 6.19. The minimum Gasteiger partial charge on any atom is -0.0807 e. The molecule has 0 saturated carbocycles. The molecule has 0 unspecified atom stereocenters. The van der Waals surface area contributed by atoms with Crippen LogP contribution < -0.4 is 0 Å². The van der Waals surface area contributed by atoms with Gasteiger partial charge in [0.2, 0.25) is 0 Å². The number of allylic oxidation sites excluding steroid dienone is 2. The van der Waals surface area contributed by atoms with Crippen molar-refractivity contribution in [1.29, 1.82) is 0 Å². The number of benzene rings is 1. The summed E-state index contributed by atoms with van der Waals surface area (Å²) in [5, 5.41) is 0. The molecule has 1 aliphatic carbocycles. The summed E-state index contributed by atoms with van der Waals surface area (Å²) >= 11 is 0. The third-order valence-electron chi connectivity index (χ3n) is 3.29. The molecular formula is C15H20. The molecule has 0 aromatic heterocycles. The normalized spacial score (nSPS) is 17.0. The van der Waals surface area contributed by atoms with E-state index in [1.165, 1.54) is 43.2 Å². The maximum absolute atomic E-state index is 2.46. The Bertz CT molecular complexity index is 347. The van der Waals surface area contributed by atoms with Crippen LogP contribution >= 0.6 is 0 Å². The van der Waals surface area contributed by atoms with Gasteiger partial charge in [0.05, 0.1) is 0 Å². The Morgan fingerprint density at radius 2 is 1.93 bits per heavy atom. The third-order valence-corrected chi connectivity index (χ3v) is 3.29. The first-order valence-corrected chi connectivity index (χ1v) is 6.19. The van der Waals surface area contributed by atoms with Gasteiger partial charge in [-0.15, -0.1) is 0 Å². The van der Waals surface area contributed by atoms with Gasteiger partial charge in [0.1, 0.15) is 0 Å². The first kappa shape index (κ1) is 10.5. The summed E-state index contributed by atoms with van der Waals surface area (Å²) in [6.07, 6.45) is 10.3. The minimum atomic E-state index is 1.15. The largest absolute Gasteiger partial charge is 0.0807 e. The zero-order valence-corrected chi connectivity index (χ0v) is 9.63. The maximum atomic E-state index is 2.46. The van der Waals surface area contributed by atoms with E-state index in [2.05, 4.69) is 37.3 Å². The fourth-order valence-corrected chi connectivity index (χ4v) is 2.40. The monoisotopic (exact) mass is 200 g/mol. The van der Waals surface area contributed by atoms with Crippen molar-refractivity contribution in [3.63, 3.8) is 0 Å². The number of aryl methyl sites for hydroxylation is 1. The molecule has 0 heteroatoms. The zero-order valence-electron chi connectivity index (χ0n) is 9.63. The highest BCUT2D eigenvalue weighted by Crippen LogP contribution is 2.28. The lowest BCUT2D eigenvalue weighted by molar-refractivity contribution is 0.720. The van der Waals surface area contributed by atoms with Gasteiger partial charge < -0.3 is 0 Å². The number of hydrogen-bond donors (Lipinski definition) is 0. The Labute approximate surface area is 93.0 Å². The van der Waals surface area contributed by atoms with Gasteiger partial charge in [0, 0.05) is 0 Å². The maximum Gasteiger partial charge on any atom is -0.0196 e. The molecule has 2 rings (SSSR count). The second-order valence-electron chi connectivity index (χ2n) is 4.34. The summed E-state index contributed by atoms with van der Waals surface area (Å²) in [4.78, 5) is 0. The van der Waals surface area contributed by atoms with Crippen molar-refractivity contribution in [2.24, 2.45) is 0 Å². The van der Waals surface area contributed by atoms with Crippen molar-refractivity contribution in [2.45, 2.75) is 45.4 Å². The smallest absolute Gasteiger partial charge is 0.0196 e. The molecule has 0 fully saturated rings. The van der Waals surface area contributed by atoms with Crippen molar-refractivity contribution in [3.8, 4) is 0 Å². The fourth-order valence-electron chi connectivity index (χ4n) is 2.40. The molecule has 1 aliphatic rings. The lowest BCUT2D eigenvalue weighted by Crippen LogP contribution is -1.91. The Kier molecular flexibility index (Phi) is 3.60. The van der Waals surface area contributed by atoms with Gasteiger partial charge in [0.25, 0.3) is 0 Å². The Hall–Kier alpha value is -1.04. The van der Waals surface area contributed by atoms with E-state index in [0.717, 1.165) is 6.42 Å². The fraction of sp³-hybridized carbons (Fsp3) is 0.467. The van der Waals surface area contributed by atoms with Crippen LogP contribution in [-0.2, 0) is 6.42 Å². The SMILES string of the molecule is CCc1ccccc1C1=CCCCCC1. The van der Waals surface area contributed by atoms with E-state index in [9.17, 15) is 0 Å². The summed E-state index contributed by atoms with van der Waals surface area (Å²) in [5.74, 6) is 0. The Balaban J connectivity index is 2.30. The van der Waals surface area contributed by atoms with Crippen LogP contribution in [0.15, 0.2) is 30.3 Å². The van der Waals surface area contributed by atoms with Crippen LogP contribution in [0.3, 0.4) is 0 Å². The highest BCUT2D eigenvalue weighted by molar-refractivity contribution is 5.68. The molecule has 0 saturated heterocycles. The van der Waals surface area contributed by atoms with Gasteiger partial charge in [0.15, 0.2) is 0 Å². The Morgan fingerprint density at radius 1 is 1.07 bits per heavy atom. The van der Waals surface area contributed by atoms with E-state index < -0.39 is 0 Å². The zero-order chi connectivity index (χ0) is 10.5. The van der Waals surface area contributed by atoms with Gasteiger partial charge in [-0.3, -0.25) is 0 Å². The van der Waals surface area contributed by atoms with E-state index in [-0.39, 0.29) is 0 Å². The van der Waals surface area contributed by atoms with Crippen LogP contribution in [0.2, 0.25) is 0 Å². The minimum absolute atomic E-state index is 1.15. The quantitative estimate of drug-likeness (QED) is 0.654. The molecule has 15 heavy (non-hydrogen) atoms. The topological polar surface area (TPSA) is 0 Å². The highest BCUT2D eigenvalue weighted by Gasteiger charge is 2.07. The van der Waals surface area contributed by atoms with Crippen molar-refractivity contribution >= 4 is 5.57 Å². The number of rotatable bonds is 2. The molecule has 0 radical (unpaired) electrons. The summed E-state index contributed by atoms with van der Waals surface area (Å²) in [6.45, 7) is 2.25. The van der Waals surface area contributed by atoms with E-state index >= 15 is 0 Å². The van der Waals surface area contributed by atoms with E-state index in [4.69, 9.17) is 0 Å². The molecule has 0 N–H and O–H groups in total. The first-order chi connectivity index (χ1) is 7.42. The number of hydrogen-bond acceptors (Lipinski definition) is 0. The predicted molar refractivity (Wildman–Crippen MR) is 66.9 cm³/mol. The molecule has 0 nitrogen and oxygen atoms in total. The van der Waals surface area contributed by atoms with Crippen molar-refractivity contribution in [2.75, 3.05) is 0 Å². The average Bonchev–Trinajstić information content (AvgIpc) is 2.57. The van der Waals surface area contributed by atoms with Crippen molar-refractivity contribution in [3.05, 3.63) is 41.5 Å². The molecule has 0 heterocycles. The predicted octanol–water partition coefficient (Wildman–Crippen LogP) is 4.60. The molecule has 0 aliphatic heterocycles. The molecular weight excluding hydrogens is 180 g/mol. The molecule has 0 amide bonds. The van der Waals surface area contributed by atoms with Crippen LogP contribution in [0.25, 0.3) is 5.57 Å². The second-order valence-corrected chi connectivity index (χ2v) is 4.34. The molecule has 1 aromatic rings. The van der Waals surface area contributed by atoms with Crippen LogP contribution in [0.4, 0.5) is 0 Å². The Morgan fingerprint density at radius 3 is 2.80 bits per heavy atom. The lowest BCUT2D eigenvalue weighted by atomic mass is 9.95. The molecule has 1 aromatic carbocycles. The van der Waals surface area contributed by atoms with Crippen LogP contribution in [0.1, 0.15) is 50.2 Å². The van der Waals surface area contributed by atoms with Gasteiger partial charge in [-0.05, 0) is 48.8 Å². The second kappa shape index (κ2) is 5.16. The molecule has 0 bridgehead atoms. The highest BCUT2D eigenvalue weighted by atomic mass is 14.1. The van der Waals surface area contributed by atoms with Crippen LogP contribution in [-0.4, -0.2) is 0 Å². The van der Waals surface area contributed by atoms with Gasteiger partial charge in [-0.1, -0.05) is 43.7 Å². The lowest BCUT2D eigenvalue weighted by Gasteiger charge is -2.10. The van der Waals surface area contributed by atoms with Crippen LogP contribution in [0, 0.1) is 0 Å². The van der Waals surface area contributed by atoms with E-state index in [1.807, 2.05) is 0 Å². The van der Waals surface area contributed by atoms with Gasteiger partial charge in [-0.25, -0.2) is 0 Å². The standard InChI is InChI=1S/C15H20/c1-2-13-9-7-8-12-15(13)14-10-5-3-4-6-11-14/h7-10,12H,2-6,11H2,1H3. The summed E-state index contributed by atoms with van der Waals surface area (Å²) < 4.78 is 0. The van der Waals surface area contributed by atoms with Crippen molar-refractivity contribution < 1.29 is 0 Å². The molecule has 0 spiro atoms. The van der Waals surface area contributed by atoms with E-state index in [0.29, 0.717) is 0 Å². The van der Waals surface area contributed by atoms with Crippen molar-refractivity contribution in [1.82, 2.24) is 0 Å². The summed E-state index contributed by atoms with van der Waals surface area (Å²) in [6, 6.07) is 8.87. The van der Waals surface area contributed by atoms with Crippen LogP contribution in [0.5, 0.6) is 0 Å². The average molecular weight is 200 g/mol. The molecule has 0 atom stereocenters. The van der Waals surface area contributed by atoms with Gasteiger partial charge >= 0.3 is 0 Å².